The second-order valence-corrected chi connectivity index (χ2v) is 10.3. The lowest BCUT2D eigenvalue weighted by molar-refractivity contribution is -0.145. The number of esters is 1. The summed E-state index contributed by atoms with van der Waals surface area (Å²) in [5, 5.41) is 19.0. The number of aliphatic hydroxyl groups is 1. The van der Waals surface area contributed by atoms with Crippen LogP contribution in [0.1, 0.15) is 65.7 Å². The third-order valence-electron chi connectivity index (χ3n) is 7.30. The summed E-state index contributed by atoms with van der Waals surface area (Å²) in [6, 6.07) is 20.0. The third kappa shape index (κ3) is 8.00. The van der Waals surface area contributed by atoms with Gasteiger partial charge in [0.1, 0.15) is 5.52 Å². The molecule has 0 aliphatic carbocycles. The zero-order valence-electron chi connectivity index (χ0n) is 24.5. The van der Waals surface area contributed by atoms with E-state index < -0.39 is 12.0 Å². The van der Waals surface area contributed by atoms with Gasteiger partial charge >= 0.3 is 5.97 Å². The fraction of sp³-hybridized carbons (Fsp3) is 0.424. The molecule has 2 atom stereocenters. The fourth-order valence-electron chi connectivity index (χ4n) is 5.07. The van der Waals surface area contributed by atoms with E-state index in [1.807, 2.05) is 74.0 Å². The molecule has 1 heterocycles. The van der Waals surface area contributed by atoms with Gasteiger partial charge in [-0.1, -0.05) is 59.8 Å². The fourth-order valence-corrected chi connectivity index (χ4v) is 5.07. The van der Waals surface area contributed by atoms with Crippen LogP contribution in [0.15, 0.2) is 60.7 Å². The van der Waals surface area contributed by atoms with Gasteiger partial charge in [0.05, 0.1) is 43.9 Å². The zero-order chi connectivity index (χ0) is 29.2. The smallest absolute Gasteiger partial charge is 0.313 e. The molecule has 0 amide bonds. The van der Waals surface area contributed by atoms with Crippen LogP contribution in [0.25, 0.3) is 11.0 Å². The van der Waals surface area contributed by atoms with Crippen molar-refractivity contribution in [2.24, 2.45) is 0 Å². The van der Waals surface area contributed by atoms with Crippen LogP contribution in [-0.4, -0.2) is 52.5 Å². The Hall–Kier alpha value is -3.59. The first-order valence-corrected chi connectivity index (χ1v) is 14.3. The van der Waals surface area contributed by atoms with Crippen molar-refractivity contribution in [3.63, 3.8) is 0 Å². The lowest BCUT2D eigenvalue weighted by Gasteiger charge is -2.20. The molecule has 8 nitrogen and oxygen atoms in total. The van der Waals surface area contributed by atoms with Crippen molar-refractivity contribution < 1.29 is 24.1 Å². The highest BCUT2D eigenvalue weighted by Gasteiger charge is 2.26. The molecule has 0 aliphatic rings. The van der Waals surface area contributed by atoms with E-state index >= 15 is 0 Å². The van der Waals surface area contributed by atoms with Crippen LogP contribution in [-0.2, 0) is 38.6 Å². The van der Waals surface area contributed by atoms with Gasteiger partial charge in [-0.2, -0.15) is 0 Å². The Labute approximate surface area is 242 Å². The lowest BCUT2D eigenvalue weighted by Crippen LogP contribution is -2.19. The van der Waals surface area contributed by atoms with E-state index in [-0.39, 0.29) is 5.97 Å². The third-order valence-corrected chi connectivity index (χ3v) is 7.30. The van der Waals surface area contributed by atoms with Crippen molar-refractivity contribution in [2.45, 2.75) is 65.7 Å². The molecule has 41 heavy (non-hydrogen) atoms. The molecular formula is C33H41N3O5. The number of hydrogen-bond acceptors (Lipinski definition) is 7. The first-order chi connectivity index (χ1) is 19.9. The molecule has 1 N–H and O–H groups in total. The van der Waals surface area contributed by atoms with Gasteiger partial charge in [0.2, 0.25) is 0 Å². The summed E-state index contributed by atoms with van der Waals surface area (Å²) in [7, 11) is 0. The minimum Gasteiger partial charge on any atom is -0.466 e. The van der Waals surface area contributed by atoms with Gasteiger partial charge in [-0.3, -0.25) is 4.79 Å². The maximum Gasteiger partial charge on any atom is 0.313 e. The van der Waals surface area contributed by atoms with E-state index in [1.165, 1.54) is 5.56 Å². The number of benzene rings is 3. The van der Waals surface area contributed by atoms with E-state index in [9.17, 15) is 9.90 Å². The van der Waals surface area contributed by atoms with Crippen molar-refractivity contribution in [1.29, 1.82) is 0 Å². The Morgan fingerprint density at radius 1 is 0.951 bits per heavy atom. The Kier molecular flexibility index (Phi) is 11.0. The molecule has 0 radical (unpaired) electrons. The summed E-state index contributed by atoms with van der Waals surface area (Å²) in [5.41, 5.74) is 7.46. The van der Waals surface area contributed by atoms with Crippen LogP contribution < -0.4 is 0 Å². The number of nitrogens with zero attached hydrogens (tertiary/aromatic N) is 3. The van der Waals surface area contributed by atoms with Gasteiger partial charge in [0.15, 0.2) is 0 Å². The molecule has 3 aromatic carbocycles. The van der Waals surface area contributed by atoms with Crippen LogP contribution in [0.4, 0.5) is 0 Å². The topological polar surface area (TPSA) is 95.7 Å². The lowest BCUT2D eigenvalue weighted by atomic mass is 9.87. The number of aromatic nitrogens is 3. The minimum atomic E-state index is -0.582. The molecule has 0 spiro atoms. The van der Waals surface area contributed by atoms with Gasteiger partial charge in [-0.15, -0.1) is 5.10 Å². The van der Waals surface area contributed by atoms with Gasteiger partial charge in [0, 0.05) is 13.2 Å². The standard InChI is InChI=1S/C33H41N3O5/c1-5-41-33(38)30(21-27-13-12-23(2)29(20-27)25(4)37)28-14-15-31-32(24(28)3)34-35-36(31)16-19-39-17-9-18-40-22-26-10-7-6-8-11-26/h6-8,10-15,20,25,30,37H,5,9,16-19,21-22H2,1-4H3/t25-,30?/m0/s1. The van der Waals surface area contributed by atoms with Gasteiger partial charge in [0.25, 0.3) is 0 Å². The SMILES string of the molecule is CCOC(=O)C(Cc1ccc(C)c([C@H](C)O)c1)c1ccc2c(nnn2CCOCCCOCc2ccccc2)c1C. The van der Waals surface area contributed by atoms with Gasteiger partial charge < -0.3 is 19.3 Å². The number of carbonyl (C=O) groups is 1. The number of carbonyl (C=O) groups excluding carboxylic acids is 1. The zero-order valence-corrected chi connectivity index (χ0v) is 24.5. The summed E-state index contributed by atoms with van der Waals surface area (Å²) >= 11 is 0. The molecule has 4 aromatic rings. The van der Waals surface area contributed by atoms with Crippen LogP contribution in [0, 0.1) is 13.8 Å². The van der Waals surface area contributed by atoms with Crippen LogP contribution in [0.2, 0.25) is 0 Å². The highest BCUT2D eigenvalue weighted by molar-refractivity contribution is 5.85. The van der Waals surface area contributed by atoms with E-state index in [4.69, 9.17) is 14.2 Å². The molecule has 0 bridgehead atoms. The van der Waals surface area contributed by atoms with Crippen molar-refractivity contribution >= 4 is 17.0 Å². The second-order valence-electron chi connectivity index (χ2n) is 10.3. The number of fused-ring (bicyclic) bond motifs is 1. The van der Waals surface area contributed by atoms with E-state index in [1.54, 1.807) is 6.92 Å². The average molecular weight is 560 g/mol. The van der Waals surface area contributed by atoms with Gasteiger partial charge in [-0.25, -0.2) is 4.68 Å². The van der Waals surface area contributed by atoms with Crippen LogP contribution in [0.3, 0.4) is 0 Å². The average Bonchev–Trinajstić information content (AvgIpc) is 3.38. The van der Waals surface area contributed by atoms with Crippen molar-refractivity contribution in [2.75, 3.05) is 26.4 Å². The Bertz CT molecular complexity index is 1420. The number of ether oxygens (including phenoxy) is 3. The summed E-state index contributed by atoms with van der Waals surface area (Å²) in [6.45, 7) is 10.8. The molecule has 0 saturated carbocycles. The minimum absolute atomic E-state index is 0.275. The first kappa shape index (κ1) is 30.4. The molecule has 1 unspecified atom stereocenters. The van der Waals surface area contributed by atoms with E-state index in [2.05, 4.69) is 22.4 Å². The van der Waals surface area contributed by atoms with Crippen LogP contribution in [0.5, 0.6) is 0 Å². The molecule has 0 saturated heterocycles. The van der Waals surface area contributed by atoms with E-state index in [0.29, 0.717) is 46.0 Å². The number of aryl methyl sites for hydroxylation is 2. The number of aliphatic hydroxyl groups excluding tert-OH is 1. The predicted molar refractivity (Wildman–Crippen MR) is 159 cm³/mol. The van der Waals surface area contributed by atoms with Crippen molar-refractivity contribution in [1.82, 2.24) is 15.0 Å². The summed E-state index contributed by atoms with van der Waals surface area (Å²) in [4.78, 5) is 13.1. The summed E-state index contributed by atoms with van der Waals surface area (Å²) < 4.78 is 18.8. The monoisotopic (exact) mass is 559 g/mol. The molecule has 8 heteroatoms. The van der Waals surface area contributed by atoms with Gasteiger partial charge in [-0.05, 0) is 80.0 Å². The summed E-state index contributed by atoms with van der Waals surface area (Å²) in [6.07, 6.45) is 0.700. The highest BCUT2D eigenvalue weighted by atomic mass is 16.5. The highest BCUT2D eigenvalue weighted by Crippen LogP contribution is 2.31. The number of rotatable bonds is 15. The van der Waals surface area contributed by atoms with E-state index in [0.717, 1.165) is 45.3 Å². The maximum absolute atomic E-state index is 13.1. The normalized spacial score (nSPS) is 12.9. The molecule has 218 valence electrons. The predicted octanol–water partition coefficient (Wildman–Crippen LogP) is 5.61. The Morgan fingerprint density at radius 2 is 1.73 bits per heavy atom. The summed E-state index contributed by atoms with van der Waals surface area (Å²) in [5.74, 6) is -0.774. The molecular weight excluding hydrogens is 518 g/mol. The van der Waals surface area contributed by atoms with Crippen LogP contribution >= 0.6 is 0 Å². The second kappa shape index (κ2) is 14.9. The quantitative estimate of drug-likeness (QED) is 0.149. The Balaban J connectivity index is 1.38. The Morgan fingerprint density at radius 3 is 2.49 bits per heavy atom. The maximum atomic E-state index is 13.1. The molecule has 0 fully saturated rings. The largest absolute Gasteiger partial charge is 0.466 e. The van der Waals surface area contributed by atoms with Crippen molar-refractivity contribution in [3.05, 3.63) is 94.0 Å². The number of hydrogen-bond donors (Lipinski definition) is 1. The molecule has 4 rings (SSSR count). The molecule has 1 aromatic heterocycles. The molecule has 0 aliphatic heterocycles. The first-order valence-electron chi connectivity index (χ1n) is 14.3. The van der Waals surface area contributed by atoms with Crippen molar-refractivity contribution in [3.8, 4) is 0 Å².